The molecule has 0 spiro atoms. The van der Waals surface area contributed by atoms with E-state index in [1.54, 1.807) is 14.2 Å². The number of aromatic nitrogens is 2. The number of nitrogens with zero attached hydrogens (tertiary/aromatic N) is 3. The topological polar surface area (TPSA) is 47.5 Å². The Bertz CT molecular complexity index is 430. The van der Waals surface area contributed by atoms with Crippen LogP contribution >= 0.6 is 11.6 Å². The van der Waals surface area contributed by atoms with Crippen LogP contribution in [0.25, 0.3) is 0 Å². The molecule has 1 saturated heterocycles. The van der Waals surface area contributed by atoms with E-state index in [0.29, 0.717) is 11.0 Å². The summed E-state index contributed by atoms with van der Waals surface area (Å²) in [5, 5.41) is 0.507. The summed E-state index contributed by atoms with van der Waals surface area (Å²) in [5.41, 5.74) is 0.897. The van der Waals surface area contributed by atoms with Crippen LogP contribution in [-0.2, 0) is 9.47 Å². The quantitative estimate of drug-likeness (QED) is 0.782. The molecule has 2 atom stereocenters. The Kier molecular flexibility index (Phi) is 4.04. The van der Waals surface area contributed by atoms with Gasteiger partial charge in [0.15, 0.2) is 0 Å². The van der Waals surface area contributed by atoms with Crippen molar-refractivity contribution in [1.29, 1.82) is 0 Å². The molecule has 1 fully saturated rings. The van der Waals surface area contributed by atoms with E-state index >= 15 is 0 Å². The highest BCUT2D eigenvalue weighted by atomic mass is 35.5. The van der Waals surface area contributed by atoms with Crippen LogP contribution in [0.4, 0.5) is 5.82 Å². The second-order valence-electron chi connectivity index (χ2n) is 4.46. The van der Waals surface area contributed by atoms with Gasteiger partial charge in [-0.2, -0.15) is 0 Å². The van der Waals surface area contributed by atoms with Crippen LogP contribution in [0, 0.1) is 13.8 Å². The number of rotatable bonds is 3. The fourth-order valence-corrected chi connectivity index (χ4v) is 2.46. The summed E-state index contributed by atoms with van der Waals surface area (Å²) >= 11 is 6.10. The third-order valence-corrected chi connectivity index (χ3v) is 3.66. The molecular formula is C12H18ClN3O2. The Morgan fingerprint density at radius 2 is 1.67 bits per heavy atom. The van der Waals surface area contributed by atoms with Gasteiger partial charge in [0.2, 0.25) is 0 Å². The van der Waals surface area contributed by atoms with E-state index in [4.69, 9.17) is 21.1 Å². The summed E-state index contributed by atoms with van der Waals surface area (Å²) in [6, 6.07) is 0. The molecule has 18 heavy (non-hydrogen) atoms. The van der Waals surface area contributed by atoms with Gasteiger partial charge in [-0.05, 0) is 13.8 Å². The molecule has 2 rings (SSSR count). The van der Waals surface area contributed by atoms with Crippen molar-refractivity contribution in [2.45, 2.75) is 26.1 Å². The Balaban J connectivity index is 2.28. The standard InChI is InChI=1S/C12H18ClN3O2/c1-7-11(13)14-8(2)15-12(7)16-5-9(17-3)10(6-16)18-4/h9-10H,5-6H2,1-4H3. The second kappa shape index (κ2) is 5.38. The van der Waals surface area contributed by atoms with Crippen molar-refractivity contribution < 1.29 is 9.47 Å². The highest BCUT2D eigenvalue weighted by Gasteiger charge is 2.34. The highest BCUT2D eigenvalue weighted by Crippen LogP contribution is 2.27. The Morgan fingerprint density at radius 1 is 1.11 bits per heavy atom. The first-order valence-electron chi connectivity index (χ1n) is 5.88. The van der Waals surface area contributed by atoms with E-state index < -0.39 is 0 Å². The molecule has 0 bridgehead atoms. The van der Waals surface area contributed by atoms with Gasteiger partial charge in [-0.3, -0.25) is 0 Å². The number of halogens is 1. The summed E-state index contributed by atoms with van der Waals surface area (Å²) in [5.74, 6) is 1.55. The van der Waals surface area contributed by atoms with E-state index in [1.165, 1.54) is 0 Å². The maximum atomic E-state index is 6.10. The molecule has 0 saturated carbocycles. The Morgan fingerprint density at radius 3 is 2.17 bits per heavy atom. The number of hydrogen-bond donors (Lipinski definition) is 0. The Labute approximate surface area is 112 Å². The van der Waals surface area contributed by atoms with Crippen LogP contribution in [0.5, 0.6) is 0 Å². The van der Waals surface area contributed by atoms with Gasteiger partial charge in [0, 0.05) is 32.9 Å². The van der Waals surface area contributed by atoms with E-state index in [0.717, 1.165) is 24.5 Å². The van der Waals surface area contributed by atoms with Crippen molar-refractivity contribution in [1.82, 2.24) is 9.97 Å². The van der Waals surface area contributed by atoms with Crippen molar-refractivity contribution in [3.8, 4) is 0 Å². The van der Waals surface area contributed by atoms with Gasteiger partial charge >= 0.3 is 0 Å². The highest BCUT2D eigenvalue weighted by molar-refractivity contribution is 6.30. The number of ether oxygens (including phenoxy) is 2. The van der Waals surface area contributed by atoms with Crippen molar-refractivity contribution in [3.63, 3.8) is 0 Å². The van der Waals surface area contributed by atoms with Crippen molar-refractivity contribution in [2.75, 3.05) is 32.2 Å². The number of methoxy groups -OCH3 is 2. The fraction of sp³-hybridized carbons (Fsp3) is 0.667. The molecule has 0 radical (unpaired) electrons. The lowest BCUT2D eigenvalue weighted by Crippen LogP contribution is -2.27. The molecule has 0 aromatic carbocycles. The molecule has 0 N–H and O–H groups in total. The van der Waals surface area contributed by atoms with Crippen molar-refractivity contribution in [3.05, 3.63) is 16.5 Å². The second-order valence-corrected chi connectivity index (χ2v) is 4.82. The van der Waals surface area contributed by atoms with Crippen molar-refractivity contribution >= 4 is 17.4 Å². The third-order valence-electron chi connectivity index (χ3n) is 3.29. The lowest BCUT2D eigenvalue weighted by atomic mass is 10.3. The molecule has 0 amide bonds. The molecule has 2 unspecified atom stereocenters. The minimum atomic E-state index is 0.0587. The molecule has 1 aliphatic heterocycles. The van der Waals surface area contributed by atoms with E-state index in [1.807, 2.05) is 13.8 Å². The maximum Gasteiger partial charge on any atom is 0.137 e. The summed E-state index contributed by atoms with van der Waals surface area (Å²) in [6.07, 6.45) is 0.117. The predicted molar refractivity (Wildman–Crippen MR) is 70.3 cm³/mol. The lowest BCUT2D eigenvalue weighted by Gasteiger charge is -2.19. The smallest absolute Gasteiger partial charge is 0.137 e. The zero-order valence-electron chi connectivity index (χ0n) is 11.1. The van der Waals surface area contributed by atoms with Gasteiger partial charge in [0.05, 0.1) is 0 Å². The molecular weight excluding hydrogens is 254 g/mol. The minimum absolute atomic E-state index is 0.0587. The fourth-order valence-electron chi connectivity index (χ4n) is 2.26. The first-order valence-corrected chi connectivity index (χ1v) is 6.26. The van der Waals surface area contributed by atoms with Crippen LogP contribution in [0.2, 0.25) is 5.15 Å². The molecule has 1 aromatic rings. The van der Waals surface area contributed by atoms with Crippen LogP contribution in [0.15, 0.2) is 0 Å². The monoisotopic (exact) mass is 271 g/mol. The molecule has 6 heteroatoms. The van der Waals surface area contributed by atoms with Gasteiger partial charge in [0.1, 0.15) is 29.0 Å². The summed E-state index contributed by atoms with van der Waals surface area (Å²) < 4.78 is 10.8. The largest absolute Gasteiger partial charge is 0.377 e. The molecule has 1 aliphatic rings. The van der Waals surface area contributed by atoms with E-state index in [2.05, 4.69) is 14.9 Å². The van der Waals surface area contributed by atoms with Crippen LogP contribution in [0.1, 0.15) is 11.4 Å². The zero-order valence-corrected chi connectivity index (χ0v) is 11.9. The third kappa shape index (κ3) is 2.43. The number of hydrogen-bond acceptors (Lipinski definition) is 5. The normalized spacial score (nSPS) is 23.7. The summed E-state index contributed by atoms with van der Waals surface area (Å²) in [4.78, 5) is 10.8. The predicted octanol–water partition coefficient (Wildman–Crippen LogP) is 1.60. The number of anilines is 1. The first kappa shape index (κ1) is 13.5. The zero-order chi connectivity index (χ0) is 13.3. The maximum absolute atomic E-state index is 6.10. The molecule has 2 heterocycles. The lowest BCUT2D eigenvalue weighted by molar-refractivity contribution is -0.00461. The SMILES string of the molecule is COC1CN(c2nc(C)nc(Cl)c2C)CC1OC. The van der Waals surface area contributed by atoms with Crippen LogP contribution in [-0.4, -0.2) is 49.5 Å². The van der Waals surface area contributed by atoms with Crippen LogP contribution in [0.3, 0.4) is 0 Å². The summed E-state index contributed by atoms with van der Waals surface area (Å²) in [6.45, 7) is 5.27. The molecule has 100 valence electrons. The average molecular weight is 272 g/mol. The van der Waals surface area contributed by atoms with E-state index in [9.17, 15) is 0 Å². The van der Waals surface area contributed by atoms with E-state index in [-0.39, 0.29) is 12.2 Å². The molecule has 5 nitrogen and oxygen atoms in total. The van der Waals surface area contributed by atoms with Gasteiger partial charge < -0.3 is 14.4 Å². The molecule has 0 aliphatic carbocycles. The van der Waals surface area contributed by atoms with Gasteiger partial charge in [-0.25, -0.2) is 9.97 Å². The molecule has 1 aromatic heterocycles. The number of aryl methyl sites for hydroxylation is 1. The summed E-state index contributed by atoms with van der Waals surface area (Å²) in [7, 11) is 3.40. The van der Waals surface area contributed by atoms with Crippen LogP contribution < -0.4 is 4.90 Å². The van der Waals surface area contributed by atoms with Gasteiger partial charge in [-0.1, -0.05) is 11.6 Å². The Hall–Kier alpha value is -0.910. The first-order chi connectivity index (χ1) is 8.56. The average Bonchev–Trinajstić information content (AvgIpc) is 2.76. The van der Waals surface area contributed by atoms with Gasteiger partial charge in [0.25, 0.3) is 0 Å². The van der Waals surface area contributed by atoms with Gasteiger partial charge in [-0.15, -0.1) is 0 Å². The van der Waals surface area contributed by atoms with Crippen molar-refractivity contribution in [2.24, 2.45) is 0 Å². The minimum Gasteiger partial charge on any atom is -0.377 e.